The number of H-pyrrole nitrogens is 1. The lowest BCUT2D eigenvalue weighted by molar-refractivity contribution is 0.0849. The number of aliphatic hydroxyl groups is 1. The van der Waals surface area contributed by atoms with Crippen molar-refractivity contribution in [2.75, 3.05) is 24.0 Å². The van der Waals surface area contributed by atoms with Crippen LogP contribution in [-0.2, 0) is 16.6 Å². The Bertz CT molecular complexity index is 1360. The molecule has 1 saturated heterocycles. The Labute approximate surface area is 207 Å². The van der Waals surface area contributed by atoms with Gasteiger partial charge in [0, 0.05) is 35.6 Å². The molecule has 1 aliphatic heterocycles. The van der Waals surface area contributed by atoms with Gasteiger partial charge in [-0.15, -0.1) is 22.7 Å². The maximum absolute atomic E-state index is 13.3. The van der Waals surface area contributed by atoms with Crippen LogP contribution in [0.1, 0.15) is 31.1 Å². The number of sulfonamides is 1. The van der Waals surface area contributed by atoms with Crippen LogP contribution in [0.4, 0.5) is 5.69 Å². The summed E-state index contributed by atoms with van der Waals surface area (Å²) in [6, 6.07) is 11.4. The maximum Gasteiger partial charge on any atom is 0.273 e. The number of aliphatic hydroxyl groups excluding tert-OH is 1. The third kappa shape index (κ3) is 4.40. The number of thiophene rings is 1. The second-order valence-corrected chi connectivity index (χ2v) is 12.6. The van der Waals surface area contributed by atoms with E-state index in [-0.39, 0.29) is 12.6 Å². The lowest BCUT2D eigenvalue weighted by atomic mass is 10.0. The fourth-order valence-corrected chi connectivity index (χ4v) is 8.13. The van der Waals surface area contributed by atoms with Crippen LogP contribution in [0.2, 0.25) is 0 Å². The summed E-state index contributed by atoms with van der Waals surface area (Å²) in [6.45, 7) is 4.16. The van der Waals surface area contributed by atoms with E-state index in [4.69, 9.17) is 0 Å². The topological polar surface area (TPSA) is 89.5 Å². The van der Waals surface area contributed by atoms with Crippen LogP contribution in [0.5, 0.6) is 0 Å². The molecule has 1 fully saturated rings. The number of thiazole rings is 1. The molecule has 3 aromatic heterocycles. The SMILES string of the molecule is CCN(c1cccc2cc(-c3ncc(CN4CCCCC4CO)s3)[nH]c12)S(=O)(=O)c1cccs1. The summed E-state index contributed by atoms with van der Waals surface area (Å²) in [6.07, 6.45) is 5.28. The molecule has 1 aromatic carbocycles. The Hall–Kier alpha value is -2.24. The molecule has 1 aliphatic rings. The van der Waals surface area contributed by atoms with E-state index < -0.39 is 10.0 Å². The van der Waals surface area contributed by atoms with Gasteiger partial charge < -0.3 is 10.1 Å². The summed E-state index contributed by atoms with van der Waals surface area (Å²) < 4.78 is 28.4. The molecule has 4 aromatic rings. The van der Waals surface area contributed by atoms with Crippen molar-refractivity contribution in [3.05, 3.63) is 52.9 Å². The molecule has 10 heteroatoms. The van der Waals surface area contributed by atoms with Gasteiger partial charge in [-0.1, -0.05) is 24.6 Å². The molecule has 5 rings (SSSR count). The maximum atomic E-state index is 13.3. The molecule has 0 aliphatic carbocycles. The normalized spacial score (nSPS) is 17.4. The minimum atomic E-state index is -3.63. The number of aromatic nitrogens is 2. The zero-order valence-corrected chi connectivity index (χ0v) is 21.4. The average Bonchev–Trinajstić information content (AvgIpc) is 3.60. The van der Waals surface area contributed by atoms with E-state index in [0.717, 1.165) is 52.4 Å². The number of anilines is 1. The molecule has 0 saturated carbocycles. The number of benzene rings is 1. The molecule has 7 nitrogen and oxygen atoms in total. The lowest BCUT2D eigenvalue weighted by Gasteiger charge is -2.34. The number of likely N-dealkylation sites (tertiary alicyclic amines) is 1. The molecule has 1 unspecified atom stereocenters. The minimum Gasteiger partial charge on any atom is -0.395 e. The number of rotatable bonds is 8. The summed E-state index contributed by atoms with van der Waals surface area (Å²) in [5.74, 6) is 0. The highest BCUT2D eigenvalue weighted by molar-refractivity contribution is 7.94. The zero-order valence-electron chi connectivity index (χ0n) is 19.0. The summed E-state index contributed by atoms with van der Waals surface area (Å²) in [7, 11) is -3.63. The second-order valence-electron chi connectivity index (χ2n) is 8.46. The van der Waals surface area contributed by atoms with E-state index in [1.807, 2.05) is 37.4 Å². The lowest BCUT2D eigenvalue weighted by Crippen LogP contribution is -2.40. The molecule has 2 N–H and O–H groups in total. The van der Waals surface area contributed by atoms with Crippen molar-refractivity contribution in [2.24, 2.45) is 0 Å². The van der Waals surface area contributed by atoms with Crippen molar-refractivity contribution >= 4 is 49.3 Å². The molecule has 0 bridgehead atoms. The molecular weight excluding hydrogens is 488 g/mol. The fourth-order valence-electron chi connectivity index (χ4n) is 4.63. The number of hydrogen-bond acceptors (Lipinski definition) is 7. The van der Waals surface area contributed by atoms with Gasteiger partial charge in [0.15, 0.2) is 0 Å². The average molecular weight is 517 g/mol. The molecule has 0 amide bonds. The summed E-state index contributed by atoms with van der Waals surface area (Å²) in [5, 5.41) is 13.3. The molecule has 0 radical (unpaired) electrons. The van der Waals surface area contributed by atoms with Crippen LogP contribution in [-0.4, -0.2) is 54.1 Å². The summed E-state index contributed by atoms with van der Waals surface area (Å²) in [4.78, 5) is 11.6. The number of nitrogens with one attached hydrogen (secondary N) is 1. The van der Waals surface area contributed by atoms with Crippen molar-refractivity contribution < 1.29 is 13.5 Å². The standard InChI is InChI=1S/C24H28N4O3S3/c1-2-28(34(30,31)22-10-6-12-32-22)21-9-5-7-17-13-20(26-23(17)21)24-25-14-19(33-24)15-27-11-4-3-8-18(27)16-29/h5-7,9-10,12-14,18,26,29H,2-4,8,11,15-16H2,1H3. The monoisotopic (exact) mass is 516 g/mol. The quantitative estimate of drug-likeness (QED) is 0.347. The van der Waals surface area contributed by atoms with E-state index in [1.54, 1.807) is 28.8 Å². The van der Waals surface area contributed by atoms with Gasteiger partial charge in [0.1, 0.15) is 9.22 Å². The first kappa shape index (κ1) is 23.5. The largest absolute Gasteiger partial charge is 0.395 e. The number of nitrogens with zero attached hydrogens (tertiary/aromatic N) is 3. The predicted octanol–water partition coefficient (Wildman–Crippen LogP) is 4.91. The first-order valence-electron chi connectivity index (χ1n) is 11.5. The van der Waals surface area contributed by atoms with Crippen molar-refractivity contribution in [3.8, 4) is 10.7 Å². The van der Waals surface area contributed by atoms with Gasteiger partial charge in [-0.3, -0.25) is 9.21 Å². The van der Waals surface area contributed by atoms with Crippen LogP contribution in [0, 0.1) is 0 Å². The highest BCUT2D eigenvalue weighted by Gasteiger charge is 2.27. The number of piperidine rings is 1. The van der Waals surface area contributed by atoms with Gasteiger partial charge >= 0.3 is 0 Å². The smallest absolute Gasteiger partial charge is 0.273 e. The second kappa shape index (κ2) is 9.79. The zero-order chi connectivity index (χ0) is 23.7. The number of fused-ring (bicyclic) bond motifs is 1. The Morgan fingerprint density at radius 3 is 2.91 bits per heavy atom. The number of hydrogen-bond donors (Lipinski definition) is 2. The van der Waals surface area contributed by atoms with E-state index in [1.165, 1.54) is 22.1 Å². The van der Waals surface area contributed by atoms with Gasteiger partial charge in [-0.25, -0.2) is 13.4 Å². The van der Waals surface area contributed by atoms with E-state index >= 15 is 0 Å². The van der Waals surface area contributed by atoms with Crippen molar-refractivity contribution in [1.29, 1.82) is 0 Å². The fraction of sp³-hybridized carbons (Fsp3) is 0.375. The minimum absolute atomic E-state index is 0.193. The van der Waals surface area contributed by atoms with Crippen LogP contribution < -0.4 is 4.31 Å². The van der Waals surface area contributed by atoms with Crippen LogP contribution in [0.15, 0.2) is 52.2 Å². The van der Waals surface area contributed by atoms with E-state index in [2.05, 4.69) is 14.9 Å². The van der Waals surface area contributed by atoms with Crippen LogP contribution in [0.3, 0.4) is 0 Å². The summed E-state index contributed by atoms with van der Waals surface area (Å²) >= 11 is 2.86. The first-order chi connectivity index (χ1) is 16.5. The van der Waals surface area contributed by atoms with Gasteiger partial charge in [-0.2, -0.15) is 0 Å². The highest BCUT2D eigenvalue weighted by Crippen LogP contribution is 2.35. The molecule has 34 heavy (non-hydrogen) atoms. The van der Waals surface area contributed by atoms with Crippen molar-refractivity contribution in [3.63, 3.8) is 0 Å². The predicted molar refractivity (Wildman–Crippen MR) is 139 cm³/mol. The van der Waals surface area contributed by atoms with Crippen LogP contribution >= 0.6 is 22.7 Å². The Morgan fingerprint density at radius 1 is 1.26 bits per heavy atom. The molecular formula is C24H28N4O3S3. The van der Waals surface area contributed by atoms with Gasteiger partial charge in [0.2, 0.25) is 0 Å². The number of para-hydroxylation sites is 1. The molecule has 0 spiro atoms. The van der Waals surface area contributed by atoms with E-state index in [0.29, 0.717) is 16.4 Å². The number of aromatic amines is 1. The highest BCUT2D eigenvalue weighted by atomic mass is 32.2. The third-order valence-corrected chi connectivity index (χ3v) is 10.6. The van der Waals surface area contributed by atoms with Crippen molar-refractivity contribution in [1.82, 2.24) is 14.9 Å². The third-order valence-electron chi connectivity index (χ3n) is 6.33. The molecule has 180 valence electrons. The van der Waals surface area contributed by atoms with Gasteiger partial charge in [-0.05, 0) is 49.9 Å². The Morgan fingerprint density at radius 2 is 2.15 bits per heavy atom. The van der Waals surface area contributed by atoms with Gasteiger partial charge in [0.25, 0.3) is 10.0 Å². The van der Waals surface area contributed by atoms with Gasteiger partial charge in [0.05, 0.1) is 23.5 Å². The Kier molecular flexibility index (Phi) is 6.76. The van der Waals surface area contributed by atoms with Crippen LogP contribution in [0.25, 0.3) is 21.6 Å². The molecule has 4 heterocycles. The molecule has 1 atom stereocenters. The van der Waals surface area contributed by atoms with E-state index in [9.17, 15) is 13.5 Å². The summed E-state index contributed by atoms with van der Waals surface area (Å²) in [5.41, 5.74) is 2.30. The first-order valence-corrected chi connectivity index (χ1v) is 14.6. The Balaban J connectivity index is 1.45. The van der Waals surface area contributed by atoms with Crippen molar-refractivity contribution in [2.45, 2.75) is 43.0 Å².